The number of benzene rings is 1. The van der Waals surface area contributed by atoms with Crippen LogP contribution in [0.2, 0.25) is 0 Å². The highest BCUT2D eigenvalue weighted by molar-refractivity contribution is 5.31. The zero-order valence-corrected chi connectivity index (χ0v) is 9.43. The molecule has 2 atom stereocenters. The third-order valence-corrected chi connectivity index (χ3v) is 2.14. The van der Waals surface area contributed by atoms with Crippen molar-refractivity contribution < 1.29 is 14.6 Å². The molecule has 0 aliphatic rings. The summed E-state index contributed by atoms with van der Waals surface area (Å²) >= 11 is 0. The van der Waals surface area contributed by atoms with E-state index in [2.05, 4.69) is 0 Å². The van der Waals surface area contributed by atoms with Crippen molar-refractivity contribution in [1.82, 2.24) is 0 Å². The molecular formula is C12H18O3. The lowest BCUT2D eigenvalue weighted by atomic mass is 10.2. The lowest BCUT2D eigenvalue weighted by molar-refractivity contribution is 0.0604. The number of aliphatic hydroxyl groups is 1. The second-order valence-electron chi connectivity index (χ2n) is 3.47. The quantitative estimate of drug-likeness (QED) is 0.810. The second kappa shape index (κ2) is 5.61. The van der Waals surface area contributed by atoms with E-state index in [1.165, 1.54) is 0 Å². The second-order valence-corrected chi connectivity index (χ2v) is 3.47. The van der Waals surface area contributed by atoms with Crippen molar-refractivity contribution in [3.8, 4) is 11.5 Å². The molecule has 0 heterocycles. The Morgan fingerprint density at radius 3 is 2.13 bits per heavy atom. The first-order valence-corrected chi connectivity index (χ1v) is 5.21. The average Bonchev–Trinajstić information content (AvgIpc) is 2.21. The van der Waals surface area contributed by atoms with Gasteiger partial charge in [0, 0.05) is 0 Å². The average molecular weight is 210 g/mol. The molecule has 0 aliphatic heterocycles. The van der Waals surface area contributed by atoms with Crippen LogP contribution >= 0.6 is 0 Å². The third-order valence-electron chi connectivity index (χ3n) is 2.14. The van der Waals surface area contributed by atoms with Crippen LogP contribution in [0.4, 0.5) is 0 Å². The topological polar surface area (TPSA) is 38.7 Å². The first-order chi connectivity index (χ1) is 7.13. The van der Waals surface area contributed by atoms with E-state index >= 15 is 0 Å². The number of rotatable bonds is 5. The van der Waals surface area contributed by atoms with Crippen molar-refractivity contribution >= 4 is 0 Å². The maximum atomic E-state index is 9.27. The fraction of sp³-hybridized carbons (Fsp3) is 0.500. The Hall–Kier alpha value is -1.22. The molecule has 0 amide bonds. The van der Waals surface area contributed by atoms with E-state index in [1.54, 1.807) is 6.92 Å². The lowest BCUT2D eigenvalue weighted by Gasteiger charge is -2.17. The fourth-order valence-electron chi connectivity index (χ4n) is 1.09. The molecule has 0 saturated carbocycles. The minimum Gasteiger partial charge on any atom is -0.494 e. The van der Waals surface area contributed by atoms with Crippen molar-refractivity contribution in [3.05, 3.63) is 24.3 Å². The minimum atomic E-state index is -0.475. The summed E-state index contributed by atoms with van der Waals surface area (Å²) in [4.78, 5) is 0. The van der Waals surface area contributed by atoms with Gasteiger partial charge in [0.25, 0.3) is 0 Å². The number of hydrogen-bond donors (Lipinski definition) is 1. The highest BCUT2D eigenvalue weighted by Gasteiger charge is 2.09. The SMILES string of the molecule is CCOc1ccc(OC(C)[C@@H](C)O)cc1. The van der Waals surface area contributed by atoms with Crippen molar-refractivity contribution in [2.45, 2.75) is 33.0 Å². The van der Waals surface area contributed by atoms with Crippen LogP contribution in [0.1, 0.15) is 20.8 Å². The molecule has 1 rings (SSSR count). The van der Waals surface area contributed by atoms with E-state index in [1.807, 2.05) is 38.1 Å². The molecule has 1 N–H and O–H groups in total. The Balaban J connectivity index is 2.56. The molecule has 84 valence electrons. The summed E-state index contributed by atoms with van der Waals surface area (Å²) in [6.07, 6.45) is -0.681. The molecule has 3 heteroatoms. The summed E-state index contributed by atoms with van der Waals surface area (Å²) < 4.78 is 10.8. The zero-order valence-electron chi connectivity index (χ0n) is 9.43. The monoisotopic (exact) mass is 210 g/mol. The number of aliphatic hydroxyl groups excluding tert-OH is 1. The van der Waals surface area contributed by atoms with Crippen molar-refractivity contribution in [2.75, 3.05) is 6.61 Å². The number of ether oxygens (including phenoxy) is 2. The van der Waals surface area contributed by atoms with Gasteiger partial charge in [-0.25, -0.2) is 0 Å². The van der Waals surface area contributed by atoms with Crippen LogP contribution in [0.15, 0.2) is 24.3 Å². The van der Waals surface area contributed by atoms with Gasteiger partial charge >= 0.3 is 0 Å². The Kier molecular flexibility index (Phi) is 4.43. The zero-order chi connectivity index (χ0) is 11.3. The molecule has 0 bridgehead atoms. The van der Waals surface area contributed by atoms with E-state index in [0.29, 0.717) is 6.61 Å². The van der Waals surface area contributed by atoms with E-state index in [4.69, 9.17) is 9.47 Å². The standard InChI is InChI=1S/C12H18O3/c1-4-14-11-5-7-12(8-6-11)15-10(3)9(2)13/h5-10,13H,4H2,1-3H3/t9-,10?/m1/s1. The van der Waals surface area contributed by atoms with Gasteiger partial charge < -0.3 is 14.6 Å². The summed E-state index contributed by atoms with van der Waals surface area (Å²) in [5, 5.41) is 9.27. The van der Waals surface area contributed by atoms with Gasteiger partial charge in [0.05, 0.1) is 12.7 Å². The van der Waals surface area contributed by atoms with Crippen molar-refractivity contribution in [3.63, 3.8) is 0 Å². The van der Waals surface area contributed by atoms with Crippen molar-refractivity contribution in [1.29, 1.82) is 0 Å². The molecule has 0 fully saturated rings. The molecular weight excluding hydrogens is 192 g/mol. The van der Waals surface area contributed by atoms with Gasteiger partial charge in [-0.3, -0.25) is 0 Å². The highest BCUT2D eigenvalue weighted by atomic mass is 16.5. The van der Waals surface area contributed by atoms with Crippen LogP contribution < -0.4 is 9.47 Å². The molecule has 15 heavy (non-hydrogen) atoms. The molecule has 0 aliphatic carbocycles. The maximum Gasteiger partial charge on any atom is 0.121 e. The molecule has 1 aromatic rings. The van der Waals surface area contributed by atoms with Crippen LogP contribution in [-0.2, 0) is 0 Å². The molecule has 0 radical (unpaired) electrons. The third kappa shape index (κ3) is 3.80. The lowest BCUT2D eigenvalue weighted by Crippen LogP contribution is -2.25. The molecule has 0 aromatic heterocycles. The van der Waals surface area contributed by atoms with Crippen molar-refractivity contribution in [2.24, 2.45) is 0 Å². The van der Waals surface area contributed by atoms with Crippen LogP contribution in [0.25, 0.3) is 0 Å². The van der Waals surface area contributed by atoms with Crippen LogP contribution in [0, 0.1) is 0 Å². The Morgan fingerprint density at radius 2 is 1.67 bits per heavy atom. The summed E-state index contributed by atoms with van der Waals surface area (Å²) in [6.45, 7) is 6.14. The van der Waals surface area contributed by atoms with Gasteiger partial charge in [-0.1, -0.05) is 0 Å². The van der Waals surface area contributed by atoms with E-state index in [9.17, 15) is 5.11 Å². The van der Waals surface area contributed by atoms with Gasteiger partial charge in [-0.15, -0.1) is 0 Å². The molecule has 3 nitrogen and oxygen atoms in total. The van der Waals surface area contributed by atoms with Gasteiger partial charge in [0.15, 0.2) is 0 Å². The fourth-order valence-corrected chi connectivity index (χ4v) is 1.09. The molecule has 1 unspecified atom stereocenters. The first kappa shape index (κ1) is 11.9. The largest absolute Gasteiger partial charge is 0.494 e. The van der Waals surface area contributed by atoms with Gasteiger partial charge in [0.2, 0.25) is 0 Å². The summed E-state index contributed by atoms with van der Waals surface area (Å²) in [7, 11) is 0. The Bertz CT molecular complexity index is 279. The van der Waals surface area contributed by atoms with Gasteiger partial charge in [-0.05, 0) is 45.0 Å². The van der Waals surface area contributed by atoms with Gasteiger partial charge in [-0.2, -0.15) is 0 Å². The van der Waals surface area contributed by atoms with E-state index < -0.39 is 6.10 Å². The normalized spacial score (nSPS) is 14.4. The van der Waals surface area contributed by atoms with Crippen LogP contribution in [0.5, 0.6) is 11.5 Å². The summed E-state index contributed by atoms with van der Waals surface area (Å²) in [5.41, 5.74) is 0. The van der Waals surface area contributed by atoms with Crippen LogP contribution in [-0.4, -0.2) is 23.9 Å². The number of hydrogen-bond acceptors (Lipinski definition) is 3. The van der Waals surface area contributed by atoms with E-state index in [-0.39, 0.29) is 6.10 Å². The summed E-state index contributed by atoms with van der Waals surface area (Å²) in [6, 6.07) is 7.38. The molecule has 0 saturated heterocycles. The van der Waals surface area contributed by atoms with Gasteiger partial charge in [0.1, 0.15) is 17.6 Å². The highest BCUT2D eigenvalue weighted by Crippen LogP contribution is 2.19. The maximum absolute atomic E-state index is 9.27. The van der Waals surface area contributed by atoms with E-state index in [0.717, 1.165) is 11.5 Å². The Morgan fingerprint density at radius 1 is 1.13 bits per heavy atom. The smallest absolute Gasteiger partial charge is 0.121 e. The summed E-state index contributed by atoms with van der Waals surface area (Å²) in [5.74, 6) is 1.57. The Labute approximate surface area is 90.6 Å². The minimum absolute atomic E-state index is 0.206. The van der Waals surface area contributed by atoms with Crippen LogP contribution in [0.3, 0.4) is 0 Å². The molecule has 0 spiro atoms. The predicted octanol–water partition coefficient (Wildman–Crippen LogP) is 2.23. The first-order valence-electron chi connectivity index (χ1n) is 5.21. The predicted molar refractivity (Wildman–Crippen MR) is 59.4 cm³/mol. The molecule has 1 aromatic carbocycles.